The van der Waals surface area contributed by atoms with Gasteiger partial charge in [0, 0.05) is 5.92 Å². The second-order valence-electron chi connectivity index (χ2n) is 7.96. The Kier molecular flexibility index (Phi) is 5.66. The predicted molar refractivity (Wildman–Crippen MR) is 102 cm³/mol. The number of hydrogen-bond acceptors (Lipinski definition) is 2. The van der Waals surface area contributed by atoms with Gasteiger partial charge in [0.15, 0.2) is 5.78 Å². The molecule has 27 heavy (non-hydrogen) atoms. The van der Waals surface area contributed by atoms with Crippen LogP contribution in [0.5, 0.6) is 0 Å². The first kappa shape index (κ1) is 19.9. The summed E-state index contributed by atoms with van der Waals surface area (Å²) in [6.45, 7) is 10.2. The van der Waals surface area contributed by atoms with E-state index >= 15 is 0 Å². The van der Waals surface area contributed by atoms with Crippen molar-refractivity contribution in [3.63, 3.8) is 0 Å². The van der Waals surface area contributed by atoms with E-state index in [9.17, 15) is 13.6 Å². The largest absolute Gasteiger partial charge is 0.370 e. The fourth-order valence-corrected chi connectivity index (χ4v) is 4.56. The predicted octanol–water partition coefficient (Wildman–Crippen LogP) is 5.20. The normalized spacial score (nSPS) is 27.1. The number of allylic oxidation sites excluding steroid dienone is 2. The Balaban J connectivity index is 1.91. The number of carbonyl (C=O) groups is 1. The van der Waals surface area contributed by atoms with Crippen LogP contribution in [0.3, 0.4) is 0 Å². The number of carbonyl (C=O) groups excluding carboxylic acids is 1. The Hall–Kier alpha value is -1.81. The van der Waals surface area contributed by atoms with E-state index in [0.717, 1.165) is 12.0 Å². The first-order valence-corrected chi connectivity index (χ1v) is 9.80. The number of ether oxygens (including phenoxy) is 1. The van der Waals surface area contributed by atoms with Crippen molar-refractivity contribution in [1.29, 1.82) is 0 Å². The Morgan fingerprint density at radius 2 is 1.96 bits per heavy atom. The summed E-state index contributed by atoms with van der Waals surface area (Å²) in [5.41, 5.74) is 1.18. The molecule has 4 heteroatoms. The van der Waals surface area contributed by atoms with Crippen LogP contribution in [-0.4, -0.2) is 18.0 Å². The molecule has 0 saturated carbocycles. The molecule has 0 N–H and O–H groups in total. The molecular weight excluding hydrogens is 346 g/mol. The van der Waals surface area contributed by atoms with Gasteiger partial charge in [-0.1, -0.05) is 26.8 Å². The van der Waals surface area contributed by atoms with Crippen LogP contribution in [0.1, 0.15) is 44.7 Å². The minimum absolute atomic E-state index is 0.0431. The number of benzene rings is 1. The summed E-state index contributed by atoms with van der Waals surface area (Å²) < 4.78 is 34.9. The standard InChI is InChI=1S/C23H28F2O2/c1-5-14(3)19-13-23(18(7-8-27-23)12-22(19)26)15(4)9-17-11-20(24)16(6-2)10-21(17)25/h5,10-12,14-15,19H,1,6-9,13H2,2-4H3/t14?,15?,19-,23-/m1/s1. The minimum Gasteiger partial charge on any atom is -0.370 e. The molecule has 4 atom stereocenters. The van der Waals surface area contributed by atoms with E-state index in [0.29, 0.717) is 37.0 Å². The number of halogens is 2. The molecule has 0 aromatic heterocycles. The Morgan fingerprint density at radius 3 is 2.63 bits per heavy atom. The number of rotatable bonds is 6. The highest BCUT2D eigenvalue weighted by molar-refractivity contribution is 5.94. The van der Waals surface area contributed by atoms with Crippen molar-refractivity contribution < 1.29 is 18.3 Å². The smallest absolute Gasteiger partial charge is 0.159 e. The van der Waals surface area contributed by atoms with Crippen LogP contribution in [0.4, 0.5) is 8.78 Å². The molecule has 2 aliphatic rings. The van der Waals surface area contributed by atoms with Crippen LogP contribution < -0.4 is 0 Å². The molecule has 1 saturated heterocycles. The second kappa shape index (κ2) is 7.67. The zero-order valence-corrected chi connectivity index (χ0v) is 16.4. The van der Waals surface area contributed by atoms with Gasteiger partial charge in [-0.15, -0.1) is 6.58 Å². The Bertz CT molecular complexity index is 783. The molecule has 1 fully saturated rings. The van der Waals surface area contributed by atoms with Gasteiger partial charge in [-0.3, -0.25) is 4.79 Å². The van der Waals surface area contributed by atoms with Gasteiger partial charge in [0.2, 0.25) is 0 Å². The molecule has 0 amide bonds. The average Bonchev–Trinajstić information content (AvgIpc) is 3.06. The third-order valence-electron chi connectivity index (χ3n) is 6.40. The molecule has 2 nitrogen and oxygen atoms in total. The molecule has 1 aromatic rings. The maximum atomic E-state index is 14.5. The SMILES string of the molecule is C=CC(C)[C@H]1C[C@]2(C(C)Cc3cc(F)c(CC)cc3F)OCCC2=CC1=O. The number of aryl methyl sites for hydroxylation is 1. The lowest BCUT2D eigenvalue weighted by Crippen LogP contribution is -2.46. The molecule has 3 rings (SSSR count). The van der Waals surface area contributed by atoms with Crippen LogP contribution >= 0.6 is 0 Å². The fraction of sp³-hybridized carbons (Fsp3) is 0.522. The van der Waals surface area contributed by atoms with E-state index in [-0.39, 0.29) is 35.2 Å². The van der Waals surface area contributed by atoms with Crippen LogP contribution in [0.2, 0.25) is 0 Å². The van der Waals surface area contributed by atoms with Gasteiger partial charge in [-0.25, -0.2) is 8.78 Å². The molecule has 2 unspecified atom stereocenters. The molecule has 146 valence electrons. The van der Waals surface area contributed by atoms with Crippen molar-refractivity contribution in [1.82, 2.24) is 0 Å². The third kappa shape index (κ3) is 3.52. The van der Waals surface area contributed by atoms with E-state index in [2.05, 4.69) is 6.58 Å². The van der Waals surface area contributed by atoms with Gasteiger partial charge in [-0.05, 0) is 72.4 Å². The van der Waals surface area contributed by atoms with Crippen LogP contribution in [0, 0.1) is 29.4 Å². The molecule has 0 bridgehead atoms. The van der Waals surface area contributed by atoms with Gasteiger partial charge >= 0.3 is 0 Å². The average molecular weight is 374 g/mol. The molecule has 0 spiro atoms. The van der Waals surface area contributed by atoms with Gasteiger partial charge in [-0.2, -0.15) is 0 Å². The number of hydrogen-bond donors (Lipinski definition) is 0. The first-order chi connectivity index (χ1) is 12.8. The number of ketones is 1. The molecule has 0 radical (unpaired) electrons. The first-order valence-electron chi connectivity index (χ1n) is 9.80. The van der Waals surface area contributed by atoms with Crippen LogP contribution in [0.25, 0.3) is 0 Å². The molecule has 1 aliphatic heterocycles. The maximum Gasteiger partial charge on any atom is 0.159 e. The Morgan fingerprint density at radius 1 is 1.30 bits per heavy atom. The van der Waals surface area contributed by atoms with E-state index in [1.807, 2.05) is 20.8 Å². The molecule has 1 aromatic carbocycles. The minimum atomic E-state index is -0.581. The monoisotopic (exact) mass is 374 g/mol. The zero-order chi connectivity index (χ0) is 19.8. The van der Waals surface area contributed by atoms with Crippen molar-refractivity contribution in [2.45, 2.75) is 52.1 Å². The summed E-state index contributed by atoms with van der Waals surface area (Å²) in [5, 5.41) is 0. The summed E-state index contributed by atoms with van der Waals surface area (Å²) in [7, 11) is 0. The summed E-state index contributed by atoms with van der Waals surface area (Å²) >= 11 is 0. The van der Waals surface area contributed by atoms with E-state index in [1.165, 1.54) is 12.1 Å². The lowest BCUT2D eigenvalue weighted by molar-refractivity contribution is -0.124. The van der Waals surface area contributed by atoms with Crippen LogP contribution in [-0.2, 0) is 22.4 Å². The lowest BCUT2D eigenvalue weighted by Gasteiger charge is -2.42. The molecular formula is C23H28F2O2. The van der Waals surface area contributed by atoms with Crippen molar-refractivity contribution in [3.8, 4) is 0 Å². The summed E-state index contributed by atoms with van der Waals surface area (Å²) in [6, 6.07) is 2.62. The zero-order valence-electron chi connectivity index (χ0n) is 16.4. The van der Waals surface area contributed by atoms with Crippen molar-refractivity contribution in [2.24, 2.45) is 17.8 Å². The van der Waals surface area contributed by atoms with E-state index < -0.39 is 5.60 Å². The van der Waals surface area contributed by atoms with Gasteiger partial charge in [0.1, 0.15) is 11.6 Å². The highest BCUT2D eigenvalue weighted by atomic mass is 19.1. The van der Waals surface area contributed by atoms with Crippen molar-refractivity contribution >= 4 is 5.78 Å². The van der Waals surface area contributed by atoms with Crippen molar-refractivity contribution in [2.75, 3.05) is 6.61 Å². The summed E-state index contributed by atoms with van der Waals surface area (Å²) in [4.78, 5) is 12.5. The topological polar surface area (TPSA) is 26.3 Å². The highest BCUT2D eigenvalue weighted by Crippen LogP contribution is 2.48. The third-order valence-corrected chi connectivity index (χ3v) is 6.40. The molecule has 1 heterocycles. The second-order valence-corrected chi connectivity index (χ2v) is 7.96. The summed E-state index contributed by atoms with van der Waals surface area (Å²) in [6.07, 6.45) is 5.65. The van der Waals surface area contributed by atoms with Crippen LogP contribution in [0.15, 0.2) is 36.4 Å². The van der Waals surface area contributed by atoms with E-state index in [1.54, 1.807) is 12.2 Å². The highest BCUT2D eigenvalue weighted by Gasteiger charge is 2.50. The maximum absolute atomic E-state index is 14.5. The van der Waals surface area contributed by atoms with Crippen molar-refractivity contribution in [3.05, 3.63) is 59.2 Å². The van der Waals surface area contributed by atoms with Gasteiger partial charge in [0.25, 0.3) is 0 Å². The Labute approximate surface area is 160 Å². The lowest BCUT2D eigenvalue weighted by atomic mass is 9.66. The quantitative estimate of drug-likeness (QED) is 0.640. The number of fused-ring (bicyclic) bond motifs is 1. The summed E-state index contributed by atoms with van der Waals surface area (Å²) in [5.74, 6) is -0.824. The fourth-order valence-electron chi connectivity index (χ4n) is 4.56. The van der Waals surface area contributed by atoms with Gasteiger partial charge < -0.3 is 4.74 Å². The van der Waals surface area contributed by atoms with E-state index in [4.69, 9.17) is 4.74 Å². The molecule has 1 aliphatic carbocycles. The van der Waals surface area contributed by atoms with Gasteiger partial charge in [0.05, 0.1) is 12.2 Å².